The van der Waals surface area contributed by atoms with Gasteiger partial charge in [0.15, 0.2) is 0 Å². The lowest BCUT2D eigenvalue weighted by Crippen LogP contribution is -2.06. The number of nitrogens with one attached hydrogen (secondary N) is 1. The SMILES string of the molecule is CCCOC(=O)c1ccc(NCc2ccccc2Oc2nc(OC)cc(OC)n2)cc1. The monoisotopic (exact) mass is 423 g/mol. The van der Waals surface area contributed by atoms with E-state index >= 15 is 0 Å². The zero-order valence-electron chi connectivity index (χ0n) is 17.8. The highest BCUT2D eigenvalue weighted by molar-refractivity contribution is 5.89. The summed E-state index contributed by atoms with van der Waals surface area (Å²) in [5.74, 6) is 0.968. The average Bonchev–Trinajstić information content (AvgIpc) is 2.82. The Balaban J connectivity index is 1.68. The summed E-state index contributed by atoms with van der Waals surface area (Å²) in [6, 6.07) is 16.4. The van der Waals surface area contributed by atoms with Gasteiger partial charge in [-0.1, -0.05) is 25.1 Å². The predicted molar refractivity (Wildman–Crippen MR) is 116 cm³/mol. The van der Waals surface area contributed by atoms with Crippen molar-refractivity contribution < 1.29 is 23.7 Å². The molecule has 0 atom stereocenters. The minimum Gasteiger partial charge on any atom is -0.481 e. The number of esters is 1. The summed E-state index contributed by atoms with van der Waals surface area (Å²) in [5, 5.41) is 3.32. The molecule has 8 nitrogen and oxygen atoms in total. The maximum atomic E-state index is 11.9. The molecule has 0 bridgehead atoms. The summed E-state index contributed by atoms with van der Waals surface area (Å²) >= 11 is 0. The van der Waals surface area contributed by atoms with E-state index in [4.69, 9.17) is 18.9 Å². The first-order valence-electron chi connectivity index (χ1n) is 9.86. The van der Waals surface area contributed by atoms with Crippen molar-refractivity contribution in [2.45, 2.75) is 19.9 Å². The molecule has 1 N–H and O–H groups in total. The summed E-state index contributed by atoms with van der Waals surface area (Å²) in [6.45, 7) is 2.87. The topological polar surface area (TPSA) is 91.8 Å². The summed E-state index contributed by atoms with van der Waals surface area (Å²) < 4.78 is 21.4. The van der Waals surface area contributed by atoms with Gasteiger partial charge in [-0.15, -0.1) is 0 Å². The molecule has 162 valence electrons. The molecular formula is C23H25N3O5. The molecule has 31 heavy (non-hydrogen) atoms. The van der Waals surface area contributed by atoms with E-state index in [0.717, 1.165) is 17.7 Å². The lowest BCUT2D eigenvalue weighted by Gasteiger charge is -2.13. The zero-order chi connectivity index (χ0) is 22.1. The van der Waals surface area contributed by atoms with Crippen LogP contribution in [-0.4, -0.2) is 36.8 Å². The van der Waals surface area contributed by atoms with E-state index < -0.39 is 0 Å². The van der Waals surface area contributed by atoms with E-state index in [1.54, 1.807) is 18.2 Å². The maximum absolute atomic E-state index is 11.9. The third-order valence-electron chi connectivity index (χ3n) is 4.29. The molecule has 0 aliphatic carbocycles. The Kier molecular flexibility index (Phi) is 7.64. The molecule has 1 aromatic heterocycles. The molecular weight excluding hydrogens is 398 g/mol. The van der Waals surface area contributed by atoms with Crippen LogP contribution in [0.1, 0.15) is 29.3 Å². The lowest BCUT2D eigenvalue weighted by molar-refractivity contribution is 0.0505. The van der Waals surface area contributed by atoms with E-state index in [1.165, 1.54) is 14.2 Å². The molecule has 0 saturated heterocycles. The van der Waals surface area contributed by atoms with Crippen molar-refractivity contribution in [3.05, 3.63) is 65.7 Å². The standard InChI is InChI=1S/C23H25N3O5/c1-4-13-30-22(27)16-9-11-18(12-10-16)24-15-17-7-5-6-8-19(17)31-23-25-20(28-2)14-21(26-23)29-3/h5-12,14,24H,4,13,15H2,1-3H3. The van der Waals surface area contributed by atoms with Crippen molar-refractivity contribution in [1.29, 1.82) is 0 Å². The Labute approximate surface area is 181 Å². The number of ether oxygens (including phenoxy) is 4. The summed E-state index contributed by atoms with van der Waals surface area (Å²) in [4.78, 5) is 20.3. The van der Waals surface area contributed by atoms with Crippen molar-refractivity contribution in [2.75, 3.05) is 26.1 Å². The molecule has 8 heteroatoms. The Bertz CT molecular complexity index is 986. The van der Waals surface area contributed by atoms with Crippen LogP contribution < -0.4 is 19.5 Å². The Morgan fingerprint density at radius 3 is 2.29 bits per heavy atom. The molecule has 0 aliphatic rings. The fourth-order valence-corrected chi connectivity index (χ4v) is 2.69. The van der Waals surface area contributed by atoms with Gasteiger partial charge >= 0.3 is 12.0 Å². The molecule has 0 radical (unpaired) electrons. The van der Waals surface area contributed by atoms with Crippen molar-refractivity contribution in [2.24, 2.45) is 0 Å². The van der Waals surface area contributed by atoms with Crippen LogP contribution in [0.3, 0.4) is 0 Å². The number of hydrogen-bond donors (Lipinski definition) is 1. The summed E-state index contributed by atoms with van der Waals surface area (Å²) in [7, 11) is 3.02. The van der Waals surface area contributed by atoms with Gasteiger partial charge in [0.25, 0.3) is 0 Å². The van der Waals surface area contributed by atoms with Crippen LogP contribution >= 0.6 is 0 Å². The second-order valence-electron chi connectivity index (χ2n) is 6.51. The highest BCUT2D eigenvalue weighted by atomic mass is 16.5. The molecule has 3 rings (SSSR count). The van der Waals surface area contributed by atoms with Crippen LogP contribution in [0.2, 0.25) is 0 Å². The number of hydrogen-bond acceptors (Lipinski definition) is 8. The molecule has 0 spiro atoms. The molecule has 2 aromatic carbocycles. The average molecular weight is 423 g/mol. The number of nitrogens with zero attached hydrogens (tertiary/aromatic N) is 2. The van der Waals surface area contributed by atoms with Crippen LogP contribution in [-0.2, 0) is 11.3 Å². The molecule has 0 fully saturated rings. The number of anilines is 1. The maximum Gasteiger partial charge on any atom is 0.338 e. The van der Waals surface area contributed by atoms with E-state index in [2.05, 4.69) is 15.3 Å². The van der Waals surface area contributed by atoms with E-state index in [0.29, 0.717) is 36.2 Å². The Hall–Kier alpha value is -3.81. The van der Waals surface area contributed by atoms with E-state index in [1.807, 2.05) is 43.3 Å². The van der Waals surface area contributed by atoms with E-state index in [-0.39, 0.29) is 12.0 Å². The molecule has 0 amide bonds. The van der Waals surface area contributed by atoms with Crippen molar-refractivity contribution in [3.8, 4) is 23.5 Å². The minimum absolute atomic E-state index is 0.124. The first kappa shape index (κ1) is 21.9. The van der Waals surface area contributed by atoms with Crippen molar-refractivity contribution in [3.63, 3.8) is 0 Å². The third-order valence-corrected chi connectivity index (χ3v) is 4.29. The zero-order valence-corrected chi connectivity index (χ0v) is 17.8. The summed E-state index contributed by atoms with van der Waals surface area (Å²) in [6.07, 6.45) is 0.792. The van der Waals surface area contributed by atoms with Crippen LogP contribution in [0.25, 0.3) is 0 Å². The highest BCUT2D eigenvalue weighted by Gasteiger charge is 2.11. The molecule has 0 saturated carbocycles. The molecule has 3 aromatic rings. The van der Waals surface area contributed by atoms with Gasteiger partial charge in [0.1, 0.15) is 5.75 Å². The van der Waals surface area contributed by atoms with Gasteiger partial charge in [0.05, 0.1) is 32.5 Å². The normalized spacial score (nSPS) is 10.3. The number of carbonyl (C=O) groups excluding carboxylic acids is 1. The number of methoxy groups -OCH3 is 2. The van der Waals surface area contributed by atoms with Crippen LogP contribution in [0, 0.1) is 0 Å². The smallest absolute Gasteiger partial charge is 0.338 e. The predicted octanol–water partition coefficient (Wildman–Crippen LogP) is 4.47. The summed E-state index contributed by atoms with van der Waals surface area (Å²) in [5.41, 5.74) is 2.28. The molecule has 0 unspecified atom stereocenters. The van der Waals surface area contributed by atoms with Crippen LogP contribution in [0.4, 0.5) is 5.69 Å². The Morgan fingerprint density at radius 2 is 1.65 bits per heavy atom. The number of para-hydroxylation sites is 1. The van der Waals surface area contributed by atoms with Gasteiger partial charge in [-0.25, -0.2) is 4.79 Å². The van der Waals surface area contributed by atoms with Gasteiger partial charge in [-0.3, -0.25) is 0 Å². The second kappa shape index (κ2) is 10.8. The first-order chi connectivity index (χ1) is 15.1. The lowest BCUT2D eigenvalue weighted by atomic mass is 10.1. The Morgan fingerprint density at radius 1 is 0.968 bits per heavy atom. The fourth-order valence-electron chi connectivity index (χ4n) is 2.69. The molecule has 1 heterocycles. The third kappa shape index (κ3) is 6.08. The fraction of sp³-hybridized carbons (Fsp3) is 0.261. The van der Waals surface area contributed by atoms with E-state index in [9.17, 15) is 4.79 Å². The minimum atomic E-state index is -0.319. The van der Waals surface area contributed by atoms with Gasteiger partial charge in [-0.2, -0.15) is 9.97 Å². The van der Waals surface area contributed by atoms with Gasteiger partial charge in [0.2, 0.25) is 11.8 Å². The van der Waals surface area contributed by atoms with Gasteiger partial charge in [0, 0.05) is 17.8 Å². The number of rotatable bonds is 10. The van der Waals surface area contributed by atoms with Gasteiger partial charge in [-0.05, 0) is 36.8 Å². The largest absolute Gasteiger partial charge is 0.481 e. The van der Waals surface area contributed by atoms with Crippen LogP contribution in [0.15, 0.2) is 54.6 Å². The van der Waals surface area contributed by atoms with Crippen molar-refractivity contribution in [1.82, 2.24) is 9.97 Å². The van der Waals surface area contributed by atoms with Crippen LogP contribution in [0.5, 0.6) is 23.5 Å². The van der Waals surface area contributed by atoms with Gasteiger partial charge < -0.3 is 24.3 Å². The number of carbonyl (C=O) groups is 1. The second-order valence-corrected chi connectivity index (χ2v) is 6.51. The molecule has 0 aliphatic heterocycles. The van der Waals surface area contributed by atoms with Crippen molar-refractivity contribution >= 4 is 11.7 Å². The quantitative estimate of drug-likeness (QED) is 0.478. The number of benzene rings is 2. The first-order valence-corrected chi connectivity index (χ1v) is 9.86. The highest BCUT2D eigenvalue weighted by Crippen LogP contribution is 2.27. The number of aromatic nitrogens is 2.